The van der Waals surface area contributed by atoms with E-state index >= 15 is 0 Å². The second-order valence-corrected chi connectivity index (χ2v) is 5.73. The average molecular weight is 320 g/mol. The number of carbonyl (C=O) groups excluding carboxylic acids is 1. The number of nitrogens with zero attached hydrogens (tertiary/aromatic N) is 2. The van der Waals surface area contributed by atoms with Gasteiger partial charge in [-0.15, -0.1) is 0 Å². The van der Waals surface area contributed by atoms with Crippen molar-refractivity contribution < 1.29 is 4.79 Å². The maximum absolute atomic E-state index is 12.2. The van der Waals surface area contributed by atoms with Gasteiger partial charge in [0, 0.05) is 35.9 Å². The smallest absolute Gasteiger partial charge is 0.272 e. The number of pyridine rings is 2. The van der Waals surface area contributed by atoms with Crippen molar-refractivity contribution in [3.8, 4) is 11.1 Å². The van der Waals surface area contributed by atoms with Crippen molar-refractivity contribution in [2.24, 2.45) is 0 Å². The maximum atomic E-state index is 12.2. The summed E-state index contributed by atoms with van der Waals surface area (Å²) in [6, 6.07) is 7.87. The van der Waals surface area contributed by atoms with E-state index in [0.717, 1.165) is 33.9 Å². The van der Waals surface area contributed by atoms with E-state index in [0.29, 0.717) is 12.2 Å². The number of anilines is 1. The van der Waals surface area contributed by atoms with Crippen molar-refractivity contribution in [3.63, 3.8) is 0 Å². The van der Waals surface area contributed by atoms with E-state index in [1.54, 1.807) is 12.4 Å². The predicted molar refractivity (Wildman–Crippen MR) is 96.7 cm³/mol. The minimum atomic E-state index is -0.234. The summed E-state index contributed by atoms with van der Waals surface area (Å²) < 4.78 is 0. The molecule has 3 N–H and O–H groups in total. The van der Waals surface area contributed by atoms with Crippen molar-refractivity contribution in [2.75, 3.05) is 12.3 Å². The van der Waals surface area contributed by atoms with Gasteiger partial charge >= 0.3 is 0 Å². The SMILES string of the molecule is CCCNC(=O)c1ncc2c(-c3ccncc3C)cccc2c1N. The Morgan fingerprint density at radius 2 is 2.00 bits per heavy atom. The number of nitrogen functional groups attached to an aromatic ring is 1. The first kappa shape index (κ1) is 15.9. The zero-order chi connectivity index (χ0) is 17.1. The average Bonchev–Trinajstić information content (AvgIpc) is 2.60. The molecule has 3 rings (SSSR count). The molecule has 0 bridgehead atoms. The summed E-state index contributed by atoms with van der Waals surface area (Å²) in [6.07, 6.45) is 6.19. The summed E-state index contributed by atoms with van der Waals surface area (Å²) in [7, 11) is 0. The summed E-state index contributed by atoms with van der Waals surface area (Å²) in [5, 5.41) is 4.58. The van der Waals surface area contributed by atoms with E-state index in [2.05, 4.69) is 15.3 Å². The molecule has 3 aromatic rings. The first-order chi connectivity index (χ1) is 11.6. The van der Waals surface area contributed by atoms with Crippen molar-refractivity contribution in [1.82, 2.24) is 15.3 Å². The Kier molecular flexibility index (Phi) is 4.42. The van der Waals surface area contributed by atoms with Gasteiger partial charge in [0.05, 0.1) is 5.69 Å². The molecule has 0 radical (unpaired) electrons. The highest BCUT2D eigenvalue weighted by molar-refractivity contribution is 6.09. The van der Waals surface area contributed by atoms with Gasteiger partial charge in [0.15, 0.2) is 5.69 Å². The highest BCUT2D eigenvalue weighted by Gasteiger charge is 2.15. The van der Waals surface area contributed by atoms with E-state index in [1.807, 2.05) is 44.3 Å². The van der Waals surface area contributed by atoms with Crippen LogP contribution in [0.1, 0.15) is 29.4 Å². The lowest BCUT2D eigenvalue weighted by Crippen LogP contribution is -2.26. The molecule has 24 heavy (non-hydrogen) atoms. The normalized spacial score (nSPS) is 10.8. The van der Waals surface area contributed by atoms with Crippen LogP contribution >= 0.6 is 0 Å². The van der Waals surface area contributed by atoms with Crippen LogP contribution in [0.25, 0.3) is 21.9 Å². The predicted octanol–water partition coefficient (Wildman–Crippen LogP) is 3.33. The zero-order valence-corrected chi connectivity index (χ0v) is 13.8. The fourth-order valence-corrected chi connectivity index (χ4v) is 2.78. The maximum Gasteiger partial charge on any atom is 0.272 e. The lowest BCUT2D eigenvalue weighted by atomic mass is 9.96. The van der Waals surface area contributed by atoms with E-state index in [1.165, 1.54) is 0 Å². The molecular formula is C19H20N4O. The van der Waals surface area contributed by atoms with Crippen LogP contribution in [0.4, 0.5) is 5.69 Å². The van der Waals surface area contributed by atoms with Gasteiger partial charge in [-0.3, -0.25) is 9.78 Å². The number of hydrogen-bond donors (Lipinski definition) is 2. The number of nitrogens with one attached hydrogen (secondary N) is 1. The molecule has 2 aromatic heterocycles. The fourth-order valence-electron chi connectivity index (χ4n) is 2.78. The van der Waals surface area contributed by atoms with Crippen LogP contribution < -0.4 is 11.1 Å². The Balaban J connectivity index is 2.15. The molecule has 0 unspecified atom stereocenters. The molecule has 5 nitrogen and oxygen atoms in total. The van der Waals surface area contributed by atoms with Gasteiger partial charge in [0.1, 0.15) is 0 Å². The Morgan fingerprint density at radius 3 is 2.75 bits per heavy atom. The molecule has 0 aliphatic rings. The summed E-state index contributed by atoms with van der Waals surface area (Å²) in [5.74, 6) is -0.234. The van der Waals surface area contributed by atoms with Crippen molar-refractivity contribution in [3.05, 3.63) is 54.1 Å². The molecule has 5 heteroatoms. The van der Waals surface area contributed by atoms with Gasteiger partial charge in [-0.1, -0.05) is 25.1 Å². The quantitative estimate of drug-likeness (QED) is 0.772. The van der Waals surface area contributed by atoms with Gasteiger partial charge in [-0.2, -0.15) is 0 Å². The van der Waals surface area contributed by atoms with Gasteiger partial charge in [-0.25, -0.2) is 4.98 Å². The number of nitrogens with two attached hydrogens (primary N) is 1. The second-order valence-electron chi connectivity index (χ2n) is 5.73. The summed E-state index contributed by atoms with van der Waals surface area (Å²) in [5.41, 5.74) is 10.1. The van der Waals surface area contributed by atoms with E-state index in [4.69, 9.17) is 5.73 Å². The minimum absolute atomic E-state index is 0.234. The standard InChI is InChI=1S/C19H20N4O/c1-3-8-22-19(24)18-17(20)15-6-4-5-14(16(15)11-23-18)13-7-9-21-10-12(13)2/h4-7,9-11H,3,8,20H2,1-2H3,(H,22,24). The first-order valence-corrected chi connectivity index (χ1v) is 8.00. The topological polar surface area (TPSA) is 80.9 Å². The van der Waals surface area contributed by atoms with Crippen LogP contribution in [-0.4, -0.2) is 22.4 Å². The number of aromatic nitrogens is 2. The second kappa shape index (κ2) is 6.66. The Morgan fingerprint density at radius 1 is 1.17 bits per heavy atom. The van der Waals surface area contributed by atoms with Crippen LogP contribution in [0.15, 0.2) is 42.9 Å². The van der Waals surface area contributed by atoms with Crippen molar-refractivity contribution in [2.45, 2.75) is 20.3 Å². The van der Waals surface area contributed by atoms with Gasteiger partial charge in [-0.05, 0) is 36.1 Å². The Labute approximate surface area is 140 Å². The van der Waals surface area contributed by atoms with E-state index in [-0.39, 0.29) is 11.6 Å². The number of rotatable bonds is 4. The lowest BCUT2D eigenvalue weighted by molar-refractivity contribution is 0.0950. The molecule has 0 atom stereocenters. The number of carbonyl (C=O) groups is 1. The molecule has 0 fully saturated rings. The number of aryl methyl sites for hydroxylation is 1. The molecule has 0 spiro atoms. The highest BCUT2D eigenvalue weighted by Crippen LogP contribution is 2.33. The monoisotopic (exact) mass is 320 g/mol. The highest BCUT2D eigenvalue weighted by atomic mass is 16.1. The first-order valence-electron chi connectivity index (χ1n) is 8.00. The molecule has 1 aromatic carbocycles. The molecule has 1 amide bonds. The number of benzene rings is 1. The third-order valence-electron chi connectivity index (χ3n) is 4.04. The van der Waals surface area contributed by atoms with E-state index in [9.17, 15) is 4.79 Å². The summed E-state index contributed by atoms with van der Waals surface area (Å²) in [6.45, 7) is 4.62. The van der Waals surface area contributed by atoms with Crippen LogP contribution in [0, 0.1) is 6.92 Å². The zero-order valence-electron chi connectivity index (χ0n) is 13.8. The molecule has 2 heterocycles. The Bertz CT molecular complexity index is 905. The number of amides is 1. The third kappa shape index (κ3) is 2.80. The molecule has 0 aliphatic heterocycles. The van der Waals surface area contributed by atoms with E-state index < -0.39 is 0 Å². The molecular weight excluding hydrogens is 300 g/mol. The number of hydrogen-bond acceptors (Lipinski definition) is 4. The van der Waals surface area contributed by atoms with Crippen LogP contribution in [0.2, 0.25) is 0 Å². The van der Waals surface area contributed by atoms with Crippen LogP contribution in [0.3, 0.4) is 0 Å². The van der Waals surface area contributed by atoms with Crippen molar-refractivity contribution >= 4 is 22.4 Å². The summed E-state index contributed by atoms with van der Waals surface area (Å²) >= 11 is 0. The molecule has 122 valence electrons. The largest absolute Gasteiger partial charge is 0.396 e. The van der Waals surface area contributed by atoms with Gasteiger partial charge in [0.2, 0.25) is 0 Å². The molecule has 0 saturated carbocycles. The summed E-state index contributed by atoms with van der Waals surface area (Å²) in [4.78, 5) is 20.7. The molecule has 0 saturated heterocycles. The van der Waals surface area contributed by atoms with Crippen LogP contribution in [0.5, 0.6) is 0 Å². The number of fused-ring (bicyclic) bond motifs is 1. The van der Waals surface area contributed by atoms with Crippen molar-refractivity contribution in [1.29, 1.82) is 0 Å². The lowest BCUT2D eigenvalue weighted by Gasteiger charge is -2.12. The molecule has 0 aliphatic carbocycles. The van der Waals surface area contributed by atoms with Gasteiger partial charge in [0.25, 0.3) is 5.91 Å². The van der Waals surface area contributed by atoms with Crippen LogP contribution in [-0.2, 0) is 0 Å². The third-order valence-corrected chi connectivity index (χ3v) is 4.04. The fraction of sp³-hybridized carbons (Fsp3) is 0.211. The Hall–Kier alpha value is -2.95. The minimum Gasteiger partial charge on any atom is -0.396 e. The van der Waals surface area contributed by atoms with Gasteiger partial charge < -0.3 is 11.1 Å².